The van der Waals surface area contributed by atoms with E-state index in [9.17, 15) is 8.42 Å². The van der Waals surface area contributed by atoms with E-state index < -0.39 is 10.0 Å². The van der Waals surface area contributed by atoms with Gasteiger partial charge in [-0.3, -0.25) is 9.40 Å². The summed E-state index contributed by atoms with van der Waals surface area (Å²) in [5.74, 6) is 0. The molecular formula is C13H15N5O2S. The van der Waals surface area contributed by atoms with Crippen LogP contribution < -0.4 is 4.72 Å². The molecule has 0 aliphatic rings. The number of nitrogens with zero attached hydrogens (tertiary/aromatic N) is 4. The van der Waals surface area contributed by atoms with Gasteiger partial charge < -0.3 is 0 Å². The SMILES string of the molecule is Cc1nn(C)c(C)c1S(=O)(=O)Nc1ccn2nccc2c1. The van der Waals surface area contributed by atoms with E-state index in [0.29, 0.717) is 17.1 Å². The van der Waals surface area contributed by atoms with E-state index in [1.165, 1.54) is 0 Å². The molecule has 3 aromatic heterocycles. The molecule has 0 bridgehead atoms. The summed E-state index contributed by atoms with van der Waals surface area (Å²) in [6.07, 6.45) is 3.36. The minimum atomic E-state index is -3.67. The molecule has 0 amide bonds. The van der Waals surface area contributed by atoms with Gasteiger partial charge >= 0.3 is 0 Å². The average molecular weight is 305 g/mol. The molecule has 0 fully saturated rings. The van der Waals surface area contributed by atoms with Crippen LogP contribution in [0, 0.1) is 13.8 Å². The van der Waals surface area contributed by atoms with Gasteiger partial charge in [-0.2, -0.15) is 10.2 Å². The molecular weight excluding hydrogens is 290 g/mol. The summed E-state index contributed by atoms with van der Waals surface area (Å²) in [7, 11) is -1.95. The highest BCUT2D eigenvalue weighted by molar-refractivity contribution is 7.92. The van der Waals surface area contributed by atoms with E-state index in [1.54, 1.807) is 60.7 Å². The topological polar surface area (TPSA) is 81.3 Å². The van der Waals surface area contributed by atoms with Gasteiger partial charge in [0.05, 0.1) is 22.6 Å². The highest BCUT2D eigenvalue weighted by Gasteiger charge is 2.23. The third kappa shape index (κ3) is 2.27. The van der Waals surface area contributed by atoms with Crippen LogP contribution in [-0.4, -0.2) is 27.8 Å². The summed E-state index contributed by atoms with van der Waals surface area (Å²) in [6.45, 7) is 3.41. The predicted molar refractivity (Wildman–Crippen MR) is 78.7 cm³/mol. The molecule has 110 valence electrons. The quantitative estimate of drug-likeness (QED) is 0.795. The van der Waals surface area contributed by atoms with E-state index in [-0.39, 0.29) is 4.90 Å². The number of pyridine rings is 1. The molecule has 8 heteroatoms. The van der Waals surface area contributed by atoms with Crippen molar-refractivity contribution in [2.45, 2.75) is 18.7 Å². The van der Waals surface area contributed by atoms with Crippen molar-refractivity contribution in [2.75, 3.05) is 4.72 Å². The molecule has 0 saturated heterocycles. The first-order valence-electron chi connectivity index (χ1n) is 6.35. The summed E-state index contributed by atoms with van der Waals surface area (Å²) in [6, 6.07) is 5.20. The van der Waals surface area contributed by atoms with Gasteiger partial charge in [-0.05, 0) is 32.0 Å². The number of aromatic nitrogens is 4. The van der Waals surface area contributed by atoms with Crippen molar-refractivity contribution in [3.05, 3.63) is 42.0 Å². The van der Waals surface area contributed by atoms with Crippen LogP contribution in [0.2, 0.25) is 0 Å². The van der Waals surface area contributed by atoms with Crippen LogP contribution in [0.25, 0.3) is 5.52 Å². The minimum absolute atomic E-state index is 0.221. The van der Waals surface area contributed by atoms with Crippen molar-refractivity contribution in [3.63, 3.8) is 0 Å². The fraction of sp³-hybridized carbons (Fsp3) is 0.231. The molecule has 0 aliphatic carbocycles. The number of nitrogens with one attached hydrogen (secondary N) is 1. The number of fused-ring (bicyclic) bond motifs is 1. The monoisotopic (exact) mass is 305 g/mol. The van der Waals surface area contributed by atoms with E-state index in [4.69, 9.17) is 0 Å². The molecule has 0 unspecified atom stereocenters. The standard InChI is InChI=1S/C13H15N5O2S/c1-9-13(10(2)17(3)15-9)21(19,20)16-11-5-7-18-12(8-11)4-6-14-18/h4-8,16H,1-3H3. The summed E-state index contributed by atoms with van der Waals surface area (Å²) in [4.78, 5) is 0.221. The van der Waals surface area contributed by atoms with Crippen LogP contribution in [0.3, 0.4) is 0 Å². The number of hydrogen-bond acceptors (Lipinski definition) is 4. The van der Waals surface area contributed by atoms with Crippen molar-refractivity contribution >= 4 is 21.2 Å². The van der Waals surface area contributed by atoms with E-state index in [0.717, 1.165) is 5.52 Å². The summed E-state index contributed by atoms with van der Waals surface area (Å²) in [5, 5.41) is 8.22. The van der Waals surface area contributed by atoms with Crippen molar-refractivity contribution in [1.29, 1.82) is 0 Å². The Morgan fingerprint density at radius 2 is 2.00 bits per heavy atom. The molecule has 21 heavy (non-hydrogen) atoms. The van der Waals surface area contributed by atoms with Crippen LogP contribution in [0.5, 0.6) is 0 Å². The van der Waals surface area contributed by atoms with Crippen molar-refractivity contribution in [3.8, 4) is 0 Å². The first-order chi connectivity index (χ1) is 9.88. The number of hydrogen-bond donors (Lipinski definition) is 1. The van der Waals surface area contributed by atoms with E-state index in [1.807, 2.05) is 0 Å². The van der Waals surface area contributed by atoms with Gasteiger partial charge in [0.25, 0.3) is 10.0 Å². The zero-order valence-electron chi connectivity index (χ0n) is 11.9. The smallest absolute Gasteiger partial charge is 0.265 e. The molecule has 0 saturated carbocycles. The second-order valence-electron chi connectivity index (χ2n) is 4.85. The third-order valence-electron chi connectivity index (χ3n) is 3.36. The molecule has 0 aliphatic heterocycles. The molecule has 0 radical (unpaired) electrons. The lowest BCUT2D eigenvalue weighted by Gasteiger charge is -2.08. The molecule has 3 aromatic rings. The van der Waals surface area contributed by atoms with Crippen LogP contribution in [0.15, 0.2) is 35.5 Å². The zero-order chi connectivity index (χ0) is 15.2. The molecule has 0 atom stereocenters. The maximum absolute atomic E-state index is 12.5. The van der Waals surface area contributed by atoms with Gasteiger partial charge in [-0.25, -0.2) is 12.9 Å². The maximum Gasteiger partial charge on any atom is 0.265 e. The van der Waals surface area contributed by atoms with Gasteiger partial charge in [0.15, 0.2) is 0 Å². The summed E-state index contributed by atoms with van der Waals surface area (Å²) >= 11 is 0. The molecule has 3 rings (SSSR count). The fourth-order valence-electron chi connectivity index (χ4n) is 2.33. The van der Waals surface area contributed by atoms with Gasteiger partial charge in [0.2, 0.25) is 0 Å². The number of anilines is 1. The Kier molecular flexibility index (Phi) is 2.98. The molecule has 3 heterocycles. The number of sulfonamides is 1. The largest absolute Gasteiger partial charge is 0.279 e. The van der Waals surface area contributed by atoms with Gasteiger partial charge in [-0.15, -0.1) is 0 Å². The van der Waals surface area contributed by atoms with Crippen molar-refractivity contribution in [2.24, 2.45) is 7.05 Å². The first-order valence-corrected chi connectivity index (χ1v) is 7.83. The zero-order valence-corrected chi connectivity index (χ0v) is 12.7. The Labute approximate surface area is 122 Å². The second kappa shape index (κ2) is 4.59. The van der Waals surface area contributed by atoms with Gasteiger partial charge in [0, 0.05) is 19.4 Å². The summed E-state index contributed by atoms with van der Waals surface area (Å²) < 4.78 is 30.9. The molecule has 7 nitrogen and oxygen atoms in total. The molecule has 1 N–H and O–H groups in total. The molecule has 0 spiro atoms. The lowest BCUT2D eigenvalue weighted by molar-refractivity contribution is 0.599. The highest BCUT2D eigenvalue weighted by Crippen LogP contribution is 2.22. The Morgan fingerprint density at radius 3 is 2.67 bits per heavy atom. The van der Waals surface area contributed by atoms with Crippen LogP contribution in [-0.2, 0) is 17.1 Å². The fourth-order valence-corrected chi connectivity index (χ4v) is 3.82. The minimum Gasteiger partial charge on any atom is -0.279 e. The number of rotatable bonds is 3. The van der Waals surface area contributed by atoms with Crippen LogP contribution in [0.1, 0.15) is 11.4 Å². The normalized spacial score (nSPS) is 12.0. The van der Waals surface area contributed by atoms with Gasteiger partial charge in [0.1, 0.15) is 4.90 Å². The Hall–Kier alpha value is -2.35. The third-order valence-corrected chi connectivity index (χ3v) is 5.00. The Balaban J connectivity index is 2.02. The van der Waals surface area contributed by atoms with E-state index in [2.05, 4.69) is 14.9 Å². The predicted octanol–water partition coefficient (Wildman–Crippen LogP) is 1.49. The maximum atomic E-state index is 12.5. The Morgan fingerprint density at radius 1 is 1.24 bits per heavy atom. The van der Waals surface area contributed by atoms with Crippen LogP contribution >= 0.6 is 0 Å². The highest BCUT2D eigenvalue weighted by atomic mass is 32.2. The lowest BCUT2D eigenvalue weighted by Crippen LogP contribution is -2.15. The lowest BCUT2D eigenvalue weighted by atomic mass is 10.4. The molecule has 0 aromatic carbocycles. The van der Waals surface area contributed by atoms with Crippen LogP contribution in [0.4, 0.5) is 5.69 Å². The Bertz CT molecular complexity index is 923. The van der Waals surface area contributed by atoms with Gasteiger partial charge in [-0.1, -0.05) is 0 Å². The summed E-state index contributed by atoms with van der Waals surface area (Å²) in [5.41, 5.74) is 2.39. The second-order valence-corrected chi connectivity index (χ2v) is 6.46. The van der Waals surface area contributed by atoms with Crippen molar-refractivity contribution in [1.82, 2.24) is 19.4 Å². The van der Waals surface area contributed by atoms with Crippen molar-refractivity contribution < 1.29 is 8.42 Å². The average Bonchev–Trinajstić information content (AvgIpc) is 2.94. The first kappa shape index (κ1) is 13.6. The number of aryl methyl sites for hydroxylation is 2. The van der Waals surface area contributed by atoms with E-state index >= 15 is 0 Å².